The molecule has 0 fully saturated rings. The molecule has 0 N–H and O–H groups in total. The fourth-order valence-electron chi connectivity index (χ4n) is 2.49. The average molecular weight is 302 g/mol. The van der Waals surface area contributed by atoms with Crippen molar-refractivity contribution in [3.63, 3.8) is 0 Å². The lowest BCUT2D eigenvalue weighted by Crippen LogP contribution is -1.98. The van der Waals surface area contributed by atoms with E-state index in [9.17, 15) is 0 Å². The molecule has 0 aliphatic carbocycles. The minimum atomic E-state index is 0.749. The first kappa shape index (κ1) is 13.8. The Morgan fingerprint density at radius 3 is 2.62 bits per heavy atom. The van der Waals surface area contributed by atoms with Gasteiger partial charge in [0.05, 0.1) is 19.7 Å². The van der Waals surface area contributed by atoms with Gasteiger partial charge in [-0.25, -0.2) is 0 Å². The van der Waals surface area contributed by atoms with Crippen molar-refractivity contribution in [1.82, 2.24) is 4.57 Å². The number of methoxy groups -OCH3 is 2. The zero-order chi connectivity index (χ0) is 14.8. The number of nitrogens with zero attached hydrogens (tertiary/aromatic N) is 1. The van der Waals surface area contributed by atoms with Crippen LogP contribution in [-0.4, -0.2) is 18.8 Å². The first-order valence-electron chi connectivity index (χ1n) is 6.66. The monoisotopic (exact) mass is 301 g/mol. The molecule has 2 aromatic carbocycles. The molecule has 0 unspecified atom stereocenters. The summed E-state index contributed by atoms with van der Waals surface area (Å²) in [6, 6.07) is 13.8. The summed E-state index contributed by atoms with van der Waals surface area (Å²) in [5.41, 5.74) is 2.23. The maximum atomic E-state index is 6.05. The third-order valence-electron chi connectivity index (χ3n) is 3.52. The highest BCUT2D eigenvalue weighted by Gasteiger charge is 2.09. The fourth-order valence-corrected chi connectivity index (χ4v) is 2.71. The van der Waals surface area contributed by atoms with Gasteiger partial charge in [-0.3, -0.25) is 0 Å². The minimum absolute atomic E-state index is 0.749. The van der Waals surface area contributed by atoms with Gasteiger partial charge in [0.25, 0.3) is 0 Å². The molecule has 3 nitrogen and oxygen atoms in total. The molecule has 0 spiro atoms. The van der Waals surface area contributed by atoms with Gasteiger partial charge in [-0.1, -0.05) is 23.7 Å². The van der Waals surface area contributed by atoms with E-state index in [0.29, 0.717) is 0 Å². The van der Waals surface area contributed by atoms with Crippen molar-refractivity contribution in [2.45, 2.75) is 6.54 Å². The Bertz CT molecular complexity index is 780. The molecule has 1 heterocycles. The second-order valence-electron chi connectivity index (χ2n) is 4.84. The summed E-state index contributed by atoms with van der Waals surface area (Å²) in [4.78, 5) is 0. The summed E-state index contributed by atoms with van der Waals surface area (Å²) in [7, 11) is 3.33. The maximum Gasteiger partial charge on any atom is 0.131 e. The van der Waals surface area contributed by atoms with Gasteiger partial charge in [-0.05, 0) is 23.8 Å². The van der Waals surface area contributed by atoms with Crippen LogP contribution in [-0.2, 0) is 6.54 Å². The molecule has 3 aromatic rings. The molecular weight excluding hydrogens is 286 g/mol. The van der Waals surface area contributed by atoms with Gasteiger partial charge in [-0.15, -0.1) is 0 Å². The molecule has 0 aliphatic heterocycles. The van der Waals surface area contributed by atoms with Crippen molar-refractivity contribution >= 4 is 22.5 Å². The summed E-state index contributed by atoms with van der Waals surface area (Å²) >= 11 is 6.05. The molecule has 0 bridgehead atoms. The van der Waals surface area contributed by atoms with E-state index in [1.807, 2.05) is 36.5 Å². The lowest BCUT2D eigenvalue weighted by Gasteiger charge is -2.10. The number of fused-ring (bicyclic) bond motifs is 1. The molecule has 0 aliphatic rings. The van der Waals surface area contributed by atoms with E-state index in [0.717, 1.165) is 39.5 Å². The summed E-state index contributed by atoms with van der Waals surface area (Å²) in [6.07, 6.45) is 2.05. The van der Waals surface area contributed by atoms with Crippen LogP contribution in [0.4, 0.5) is 0 Å². The van der Waals surface area contributed by atoms with Crippen LogP contribution in [0.2, 0.25) is 5.02 Å². The Morgan fingerprint density at radius 2 is 1.90 bits per heavy atom. The lowest BCUT2D eigenvalue weighted by atomic mass is 10.2. The third kappa shape index (κ3) is 2.69. The Morgan fingerprint density at radius 1 is 1.05 bits per heavy atom. The molecule has 1 aromatic heterocycles. The van der Waals surface area contributed by atoms with E-state index in [2.05, 4.69) is 16.7 Å². The topological polar surface area (TPSA) is 23.4 Å². The molecule has 0 saturated carbocycles. The number of aromatic nitrogens is 1. The molecule has 4 heteroatoms. The van der Waals surface area contributed by atoms with E-state index in [4.69, 9.17) is 21.1 Å². The Labute approximate surface area is 128 Å². The van der Waals surface area contributed by atoms with Crippen LogP contribution < -0.4 is 9.47 Å². The molecule has 0 amide bonds. The number of hydrogen-bond donors (Lipinski definition) is 0. The van der Waals surface area contributed by atoms with E-state index in [-0.39, 0.29) is 0 Å². The standard InChI is InChI=1S/C17H16ClNO2/c1-20-14-9-16-15(17(10-14)21-2)6-7-19(16)11-12-4-3-5-13(18)8-12/h3-10H,11H2,1-2H3. The first-order valence-corrected chi connectivity index (χ1v) is 7.04. The average Bonchev–Trinajstić information content (AvgIpc) is 2.89. The molecule has 0 saturated heterocycles. The molecular formula is C17H16ClNO2. The van der Waals surface area contributed by atoms with Gasteiger partial charge in [0, 0.05) is 35.3 Å². The van der Waals surface area contributed by atoms with Gasteiger partial charge < -0.3 is 14.0 Å². The van der Waals surface area contributed by atoms with Crippen molar-refractivity contribution in [2.75, 3.05) is 14.2 Å². The predicted octanol–water partition coefficient (Wildman–Crippen LogP) is 4.36. The highest BCUT2D eigenvalue weighted by atomic mass is 35.5. The van der Waals surface area contributed by atoms with Gasteiger partial charge in [0.15, 0.2) is 0 Å². The Hall–Kier alpha value is -2.13. The third-order valence-corrected chi connectivity index (χ3v) is 3.76. The van der Waals surface area contributed by atoms with Crippen LogP contribution in [0.15, 0.2) is 48.7 Å². The second kappa shape index (κ2) is 5.70. The van der Waals surface area contributed by atoms with Crippen molar-refractivity contribution in [3.8, 4) is 11.5 Å². The van der Waals surface area contributed by atoms with Crippen molar-refractivity contribution in [3.05, 3.63) is 59.2 Å². The quantitative estimate of drug-likeness (QED) is 0.715. The Balaban J connectivity index is 2.07. The van der Waals surface area contributed by atoms with Crippen molar-refractivity contribution in [1.29, 1.82) is 0 Å². The maximum absolute atomic E-state index is 6.05. The summed E-state index contributed by atoms with van der Waals surface area (Å²) < 4.78 is 12.9. The zero-order valence-electron chi connectivity index (χ0n) is 12.0. The van der Waals surface area contributed by atoms with Crippen molar-refractivity contribution in [2.24, 2.45) is 0 Å². The lowest BCUT2D eigenvalue weighted by molar-refractivity contribution is 0.398. The van der Waals surface area contributed by atoms with Crippen molar-refractivity contribution < 1.29 is 9.47 Å². The van der Waals surface area contributed by atoms with E-state index in [1.54, 1.807) is 14.2 Å². The van der Waals surface area contributed by atoms with Crippen LogP contribution in [0, 0.1) is 0 Å². The van der Waals surface area contributed by atoms with Crippen LogP contribution in [0.3, 0.4) is 0 Å². The normalized spacial score (nSPS) is 10.8. The van der Waals surface area contributed by atoms with Crippen LogP contribution in [0.5, 0.6) is 11.5 Å². The van der Waals surface area contributed by atoms with Gasteiger partial charge in [0.2, 0.25) is 0 Å². The van der Waals surface area contributed by atoms with Gasteiger partial charge in [0.1, 0.15) is 11.5 Å². The predicted molar refractivity (Wildman–Crippen MR) is 85.6 cm³/mol. The van der Waals surface area contributed by atoms with Crippen LogP contribution in [0.25, 0.3) is 10.9 Å². The van der Waals surface area contributed by atoms with E-state index >= 15 is 0 Å². The largest absolute Gasteiger partial charge is 0.497 e. The molecule has 0 atom stereocenters. The van der Waals surface area contributed by atoms with Gasteiger partial charge in [-0.2, -0.15) is 0 Å². The summed E-state index contributed by atoms with van der Waals surface area (Å²) in [5.74, 6) is 1.60. The first-order chi connectivity index (χ1) is 10.2. The summed E-state index contributed by atoms with van der Waals surface area (Å²) in [5, 5.41) is 1.82. The Kier molecular flexibility index (Phi) is 3.76. The van der Waals surface area contributed by atoms with E-state index in [1.165, 1.54) is 0 Å². The SMILES string of the molecule is COc1cc(OC)c2ccn(Cc3cccc(Cl)c3)c2c1. The van der Waals surface area contributed by atoms with E-state index < -0.39 is 0 Å². The second-order valence-corrected chi connectivity index (χ2v) is 5.27. The number of ether oxygens (including phenoxy) is 2. The van der Waals surface area contributed by atoms with Gasteiger partial charge >= 0.3 is 0 Å². The highest BCUT2D eigenvalue weighted by molar-refractivity contribution is 6.30. The molecule has 3 rings (SSSR count). The molecule has 21 heavy (non-hydrogen) atoms. The number of hydrogen-bond acceptors (Lipinski definition) is 2. The fraction of sp³-hybridized carbons (Fsp3) is 0.176. The number of rotatable bonds is 4. The number of benzene rings is 2. The number of halogens is 1. The van der Waals surface area contributed by atoms with Crippen LogP contribution >= 0.6 is 11.6 Å². The molecule has 0 radical (unpaired) electrons. The molecule has 108 valence electrons. The zero-order valence-corrected chi connectivity index (χ0v) is 12.7. The smallest absolute Gasteiger partial charge is 0.131 e. The van der Waals surface area contributed by atoms with Crippen LogP contribution in [0.1, 0.15) is 5.56 Å². The summed E-state index contributed by atoms with van der Waals surface area (Å²) in [6.45, 7) is 0.750. The highest BCUT2D eigenvalue weighted by Crippen LogP contribution is 2.32. The minimum Gasteiger partial charge on any atom is -0.497 e.